The quantitative estimate of drug-likeness (QED) is 0.741. The Morgan fingerprint density at radius 2 is 2.00 bits per heavy atom. The highest BCUT2D eigenvalue weighted by atomic mass is 16.5. The lowest BCUT2D eigenvalue weighted by atomic mass is 10.0. The first-order chi connectivity index (χ1) is 7.61. The number of benzene rings is 1. The molecule has 4 heteroatoms. The van der Waals surface area contributed by atoms with Crippen molar-refractivity contribution in [1.29, 1.82) is 0 Å². The molecule has 0 aliphatic heterocycles. The summed E-state index contributed by atoms with van der Waals surface area (Å²) in [5, 5.41) is 0. The summed E-state index contributed by atoms with van der Waals surface area (Å²) in [4.78, 5) is 10.8. The Morgan fingerprint density at radius 3 is 2.56 bits per heavy atom. The van der Waals surface area contributed by atoms with E-state index in [1.807, 2.05) is 37.3 Å². The molecule has 0 bridgehead atoms. The normalized spacial score (nSPS) is 14.4. The van der Waals surface area contributed by atoms with Crippen LogP contribution in [0.1, 0.15) is 12.5 Å². The summed E-state index contributed by atoms with van der Waals surface area (Å²) in [6, 6.07) is 9.19. The zero-order valence-electron chi connectivity index (χ0n) is 9.43. The van der Waals surface area contributed by atoms with E-state index in [1.165, 1.54) is 0 Å². The number of hydrogen-bond acceptors (Lipinski definition) is 3. The maximum Gasteiger partial charge on any atom is 0.234 e. The van der Waals surface area contributed by atoms with E-state index >= 15 is 0 Å². The molecule has 0 radical (unpaired) electrons. The third-order valence-corrected chi connectivity index (χ3v) is 2.43. The molecule has 0 saturated heterocycles. The van der Waals surface area contributed by atoms with E-state index in [4.69, 9.17) is 16.2 Å². The van der Waals surface area contributed by atoms with Crippen LogP contribution in [0.3, 0.4) is 0 Å². The SMILES string of the molecule is CC(COCc1ccccc1)C(N)C(N)=O. The summed E-state index contributed by atoms with van der Waals surface area (Å²) in [6.07, 6.45) is 0. The number of rotatable bonds is 6. The monoisotopic (exact) mass is 222 g/mol. The number of hydrogen-bond donors (Lipinski definition) is 2. The molecule has 1 rings (SSSR count). The minimum atomic E-state index is -0.643. The first-order valence-electron chi connectivity index (χ1n) is 5.28. The molecule has 1 aromatic rings. The van der Waals surface area contributed by atoms with Crippen molar-refractivity contribution in [2.24, 2.45) is 17.4 Å². The predicted octanol–water partition coefficient (Wildman–Crippen LogP) is 0.652. The van der Waals surface area contributed by atoms with E-state index in [2.05, 4.69) is 0 Å². The molecule has 0 aliphatic rings. The first-order valence-corrected chi connectivity index (χ1v) is 5.28. The lowest BCUT2D eigenvalue weighted by molar-refractivity contribution is -0.120. The number of ether oxygens (including phenoxy) is 1. The van der Waals surface area contributed by atoms with Crippen LogP contribution in [0.4, 0.5) is 0 Å². The van der Waals surface area contributed by atoms with Crippen LogP contribution in [0.25, 0.3) is 0 Å². The van der Waals surface area contributed by atoms with Gasteiger partial charge in [0.15, 0.2) is 0 Å². The Balaban J connectivity index is 2.28. The Kier molecular flexibility index (Phi) is 4.95. The Hall–Kier alpha value is -1.39. The van der Waals surface area contributed by atoms with Gasteiger partial charge in [0.2, 0.25) is 5.91 Å². The molecule has 2 atom stereocenters. The summed E-state index contributed by atoms with van der Waals surface area (Å²) < 4.78 is 5.46. The van der Waals surface area contributed by atoms with Crippen molar-refractivity contribution in [3.8, 4) is 0 Å². The van der Waals surface area contributed by atoms with Gasteiger partial charge < -0.3 is 16.2 Å². The second kappa shape index (κ2) is 6.25. The number of nitrogens with two attached hydrogens (primary N) is 2. The molecule has 1 amide bonds. The second-order valence-electron chi connectivity index (χ2n) is 3.91. The maximum atomic E-state index is 10.8. The van der Waals surface area contributed by atoms with E-state index in [0.717, 1.165) is 5.56 Å². The van der Waals surface area contributed by atoms with Crippen LogP contribution in [-0.2, 0) is 16.1 Å². The van der Waals surface area contributed by atoms with Crippen molar-refractivity contribution >= 4 is 5.91 Å². The van der Waals surface area contributed by atoms with Crippen LogP contribution < -0.4 is 11.5 Å². The standard InChI is InChI=1S/C12H18N2O2/c1-9(11(13)12(14)15)7-16-8-10-5-3-2-4-6-10/h2-6,9,11H,7-8,13H2,1H3,(H2,14,15). The fourth-order valence-electron chi connectivity index (χ4n) is 1.32. The minimum absolute atomic E-state index is 0.0683. The van der Waals surface area contributed by atoms with Gasteiger partial charge >= 0.3 is 0 Å². The number of amides is 1. The van der Waals surface area contributed by atoms with Gasteiger partial charge in [-0.05, 0) is 5.56 Å². The highest BCUT2D eigenvalue weighted by Gasteiger charge is 2.17. The van der Waals surface area contributed by atoms with E-state index in [-0.39, 0.29) is 5.92 Å². The molecule has 1 aromatic carbocycles. The fraction of sp³-hybridized carbons (Fsp3) is 0.417. The van der Waals surface area contributed by atoms with Crippen LogP contribution in [0.15, 0.2) is 30.3 Å². The van der Waals surface area contributed by atoms with Gasteiger partial charge in [-0.15, -0.1) is 0 Å². The van der Waals surface area contributed by atoms with E-state index in [1.54, 1.807) is 0 Å². The van der Waals surface area contributed by atoms with Crippen LogP contribution >= 0.6 is 0 Å². The third kappa shape index (κ3) is 4.00. The van der Waals surface area contributed by atoms with Crippen LogP contribution in [0.2, 0.25) is 0 Å². The van der Waals surface area contributed by atoms with Gasteiger partial charge in [-0.3, -0.25) is 4.79 Å². The fourth-order valence-corrected chi connectivity index (χ4v) is 1.32. The molecular formula is C12H18N2O2. The van der Waals surface area contributed by atoms with Gasteiger partial charge in [0.05, 0.1) is 19.3 Å². The van der Waals surface area contributed by atoms with Gasteiger partial charge in [-0.1, -0.05) is 37.3 Å². The Labute approximate surface area is 95.6 Å². The second-order valence-corrected chi connectivity index (χ2v) is 3.91. The predicted molar refractivity (Wildman–Crippen MR) is 62.4 cm³/mol. The maximum absolute atomic E-state index is 10.8. The van der Waals surface area contributed by atoms with Crippen molar-refractivity contribution in [3.63, 3.8) is 0 Å². The summed E-state index contributed by atoms with van der Waals surface area (Å²) >= 11 is 0. The van der Waals surface area contributed by atoms with Gasteiger partial charge in [-0.25, -0.2) is 0 Å². The molecular weight excluding hydrogens is 204 g/mol. The van der Waals surface area contributed by atoms with Crippen LogP contribution in [0, 0.1) is 5.92 Å². The van der Waals surface area contributed by atoms with E-state index in [0.29, 0.717) is 13.2 Å². The van der Waals surface area contributed by atoms with E-state index in [9.17, 15) is 4.79 Å². The molecule has 4 nitrogen and oxygen atoms in total. The topological polar surface area (TPSA) is 78.3 Å². The summed E-state index contributed by atoms with van der Waals surface area (Å²) in [7, 11) is 0. The summed E-state index contributed by atoms with van der Waals surface area (Å²) in [6.45, 7) is 2.80. The largest absolute Gasteiger partial charge is 0.376 e. The lowest BCUT2D eigenvalue weighted by Gasteiger charge is -2.16. The van der Waals surface area contributed by atoms with Crippen LogP contribution in [-0.4, -0.2) is 18.6 Å². The molecule has 0 spiro atoms. The Bertz CT molecular complexity index is 327. The first kappa shape index (κ1) is 12.7. The number of primary amides is 1. The van der Waals surface area contributed by atoms with Crippen molar-refractivity contribution < 1.29 is 9.53 Å². The molecule has 88 valence electrons. The van der Waals surface area contributed by atoms with Crippen molar-refractivity contribution in [2.75, 3.05) is 6.61 Å². The zero-order chi connectivity index (χ0) is 12.0. The molecule has 0 aliphatic carbocycles. The lowest BCUT2D eigenvalue weighted by Crippen LogP contribution is -2.43. The van der Waals surface area contributed by atoms with Gasteiger partial charge in [0.25, 0.3) is 0 Å². The molecule has 0 fully saturated rings. The molecule has 2 unspecified atom stereocenters. The Morgan fingerprint density at radius 1 is 1.38 bits per heavy atom. The average molecular weight is 222 g/mol. The molecule has 4 N–H and O–H groups in total. The van der Waals surface area contributed by atoms with Crippen molar-refractivity contribution in [1.82, 2.24) is 0 Å². The molecule has 16 heavy (non-hydrogen) atoms. The van der Waals surface area contributed by atoms with Gasteiger partial charge in [0.1, 0.15) is 0 Å². The highest BCUT2D eigenvalue weighted by molar-refractivity contribution is 5.79. The van der Waals surface area contributed by atoms with Gasteiger partial charge in [0, 0.05) is 5.92 Å². The third-order valence-electron chi connectivity index (χ3n) is 2.43. The minimum Gasteiger partial charge on any atom is -0.376 e. The van der Waals surface area contributed by atoms with Crippen molar-refractivity contribution in [2.45, 2.75) is 19.6 Å². The van der Waals surface area contributed by atoms with Crippen LogP contribution in [0.5, 0.6) is 0 Å². The number of carbonyl (C=O) groups excluding carboxylic acids is 1. The summed E-state index contributed by atoms with van der Waals surface area (Å²) in [5.74, 6) is -0.558. The number of carbonyl (C=O) groups is 1. The zero-order valence-corrected chi connectivity index (χ0v) is 9.43. The van der Waals surface area contributed by atoms with E-state index < -0.39 is 11.9 Å². The molecule has 0 aromatic heterocycles. The molecule has 0 saturated carbocycles. The molecule has 0 heterocycles. The van der Waals surface area contributed by atoms with Gasteiger partial charge in [-0.2, -0.15) is 0 Å². The highest BCUT2D eigenvalue weighted by Crippen LogP contribution is 2.05. The average Bonchev–Trinajstić information content (AvgIpc) is 2.29. The smallest absolute Gasteiger partial charge is 0.234 e. The van der Waals surface area contributed by atoms with Crippen molar-refractivity contribution in [3.05, 3.63) is 35.9 Å². The summed E-state index contributed by atoms with van der Waals surface area (Å²) in [5.41, 5.74) is 11.8.